The molecular formula is C10H16N2O3. The van der Waals surface area contributed by atoms with E-state index >= 15 is 0 Å². The predicted octanol–water partition coefficient (Wildman–Crippen LogP) is 0.657. The SMILES string of the molecule is O=C1NCCCN1CC1(C(=O)O)CCC1. The van der Waals surface area contributed by atoms with Gasteiger partial charge < -0.3 is 15.3 Å². The second-order valence-corrected chi connectivity index (χ2v) is 4.45. The molecule has 0 spiro atoms. The molecule has 2 amide bonds. The zero-order chi connectivity index (χ0) is 10.9. The summed E-state index contributed by atoms with van der Waals surface area (Å²) in [6.07, 6.45) is 3.27. The van der Waals surface area contributed by atoms with Crippen LogP contribution in [0.2, 0.25) is 0 Å². The summed E-state index contributed by atoms with van der Waals surface area (Å²) in [5.41, 5.74) is -0.658. The molecule has 0 unspecified atom stereocenters. The maximum absolute atomic E-state index is 11.5. The van der Waals surface area contributed by atoms with Crippen molar-refractivity contribution in [2.45, 2.75) is 25.7 Å². The fourth-order valence-electron chi connectivity index (χ4n) is 2.24. The number of urea groups is 1. The molecule has 2 fully saturated rings. The highest BCUT2D eigenvalue weighted by Gasteiger charge is 2.46. The molecule has 1 heterocycles. The zero-order valence-electron chi connectivity index (χ0n) is 8.66. The third-order valence-electron chi connectivity index (χ3n) is 3.43. The average molecular weight is 212 g/mol. The zero-order valence-corrected chi connectivity index (χ0v) is 8.66. The van der Waals surface area contributed by atoms with E-state index in [1.807, 2.05) is 0 Å². The molecular weight excluding hydrogens is 196 g/mol. The lowest BCUT2D eigenvalue weighted by Gasteiger charge is -2.42. The van der Waals surface area contributed by atoms with Gasteiger partial charge in [0.1, 0.15) is 0 Å². The molecule has 15 heavy (non-hydrogen) atoms. The van der Waals surface area contributed by atoms with E-state index in [-0.39, 0.29) is 6.03 Å². The van der Waals surface area contributed by atoms with Crippen molar-refractivity contribution in [2.24, 2.45) is 5.41 Å². The van der Waals surface area contributed by atoms with Gasteiger partial charge in [-0.2, -0.15) is 0 Å². The van der Waals surface area contributed by atoms with Gasteiger partial charge in [0.15, 0.2) is 0 Å². The second kappa shape index (κ2) is 3.72. The molecule has 1 aliphatic heterocycles. The van der Waals surface area contributed by atoms with E-state index in [4.69, 9.17) is 5.11 Å². The van der Waals surface area contributed by atoms with Crippen LogP contribution in [0.25, 0.3) is 0 Å². The van der Waals surface area contributed by atoms with Crippen LogP contribution < -0.4 is 5.32 Å². The molecule has 5 nitrogen and oxygen atoms in total. The summed E-state index contributed by atoms with van der Waals surface area (Å²) in [6, 6.07) is -0.117. The Kier molecular flexibility index (Phi) is 2.54. The first kappa shape index (κ1) is 10.3. The number of aliphatic carboxylic acids is 1. The van der Waals surface area contributed by atoms with Crippen LogP contribution in [-0.4, -0.2) is 41.6 Å². The van der Waals surface area contributed by atoms with Crippen LogP contribution in [0, 0.1) is 5.41 Å². The molecule has 2 rings (SSSR count). The van der Waals surface area contributed by atoms with E-state index in [2.05, 4.69) is 5.32 Å². The topological polar surface area (TPSA) is 69.6 Å². The number of carbonyl (C=O) groups is 2. The minimum absolute atomic E-state index is 0.117. The molecule has 5 heteroatoms. The summed E-state index contributed by atoms with van der Waals surface area (Å²) in [5, 5.41) is 11.9. The lowest BCUT2D eigenvalue weighted by Crippen LogP contribution is -2.54. The molecule has 1 saturated carbocycles. The lowest BCUT2D eigenvalue weighted by molar-refractivity contribution is -0.155. The van der Waals surface area contributed by atoms with Crippen molar-refractivity contribution in [1.82, 2.24) is 10.2 Å². The Balaban J connectivity index is 2.00. The Hall–Kier alpha value is -1.26. The van der Waals surface area contributed by atoms with E-state index in [0.717, 1.165) is 12.8 Å². The summed E-state index contributed by atoms with van der Waals surface area (Å²) in [4.78, 5) is 24.2. The average Bonchev–Trinajstić information content (AvgIpc) is 2.13. The molecule has 2 aliphatic rings. The fourth-order valence-corrected chi connectivity index (χ4v) is 2.24. The minimum atomic E-state index is -0.757. The van der Waals surface area contributed by atoms with Crippen LogP contribution in [0.3, 0.4) is 0 Å². The molecule has 1 saturated heterocycles. The third-order valence-corrected chi connectivity index (χ3v) is 3.43. The first-order chi connectivity index (χ1) is 7.14. The first-order valence-electron chi connectivity index (χ1n) is 5.40. The lowest BCUT2D eigenvalue weighted by atomic mass is 9.68. The number of carbonyl (C=O) groups excluding carboxylic acids is 1. The smallest absolute Gasteiger partial charge is 0.317 e. The molecule has 0 radical (unpaired) electrons. The summed E-state index contributed by atoms with van der Waals surface area (Å²) in [6.45, 7) is 1.75. The predicted molar refractivity (Wildman–Crippen MR) is 53.5 cm³/mol. The van der Waals surface area contributed by atoms with Crippen molar-refractivity contribution < 1.29 is 14.7 Å². The van der Waals surface area contributed by atoms with Crippen LogP contribution in [0.1, 0.15) is 25.7 Å². The Morgan fingerprint density at radius 2 is 2.20 bits per heavy atom. The van der Waals surface area contributed by atoms with E-state index in [1.54, 1.807) is 4.90 Å². The molecule has 0 bridgehead atoms. The van der Waals surface area contributed by atoms with E-state index < -0.39 is 11.4 Å². The number of rotatable bonds is 3. The highest BCUT2D eigenvalue weighted by molar-refractivity contribution is 5.79. The molecule has 0 aromatic rings. The van der Waals surface area contributed by atoms with Crippen molar-refractivity contribution in [1.29, 1.82) is 0 Å². The largest absolute Gasteiger partial charge is 0.481 e. The molecule has 1 aliphatic carbocycles. The van der Waals surface area contributed by atoms with Gasteiger partial charge in [-0.3, -0.25) is 4.79 Å². The summed E-state index contributed by atoms with van der Waals surface area (Å²) >= 11 is 0. The van der Waals surface area contributed by atoms with E-state index in [0.29, 0.717) is 32.5 Å². The molecule has 0 aromatic carbocycles. The van der Waals surface area contributed by atoms with Crippen molar-refractivity contribution >= 4 is 12.0 Å². The Morgan fingerprint density at radius 3 is 2.67 bits per heavy atom. The Bertz CT molecular complexity index is 286. The van der Waals surface area contributed by atoms with Gasteiger partial charge in [0.25, 0.3) is 0 Å². The van der Waals surface area contributed by atoms with Gasteiger partial charge in [0.05, 0.1) is 5.41 Å². The highest BCUT2D eigenvalue weighted by Crippen LogP contribution is 2.42. The van der Waals surface area contributed by atoms with Crippen LogP contribution in [0.4, 0.5) is 4.79 Å². The highest BCUT2D eigenvalue weighted by atomic mass is 16.4. The van der Waals surface area contributed by atoms with Gasteiger partial charge >= 0.3 is 12.0 Å². The second-order valence-electron chi connectivity index (χ2n) is 4.45. The van der Waals surface area contributed by atoms with E-state index in [9.17, 15) is 9.59 Å². The van der Waals surface area contributed by atoms with Crippen LogP contribution >= 0.6 is 0 Å². The molecule has 84 valence electrons. The number of amides is 2. The Morgan fingerprint density at radius 1 is 1.47 bits per heavy atom. The maximum atomic E-state index is 11.5. The Labute approximate surface area is 88.4 Å². The number of carboxylic acids is 1. The van der Waals surface area contributed by atoms with Crippen molar-refractivity contribution in [3.63, 3.8) is 0 Å². The monoisotopic (exact) mass is 212 g/mol. The quantitative estimate of drug-likeness (QED) is 0.722. The first-order valence-corrected chi connectivity index (χ1v) is 5.40. The molecule has 2 N–H and O–H groups in total. The normalized spacial score (nSPS) is 24.3. The van der Waals surface area contributed by atoms with Gasteiger partial charge in [-0.15, -0.1) is 0 Å². The number of hydrogen-bond donors (Lipinski definition) is 2. The molecule has 0 atom stereocenters. The minimum Gasteiger partial charge on any atom is -0.481 e. The number of carboxylic acid groups (broad SMARTS) is 1. The number of nitrogens with zero attached hydrogens (tertiary/aromatic N) is 1. The summed E-state index contributed by atoms with van der Waals surface area (Å²) in [5.74, 6) is -0.757. The van der Waals surface area contributed by atoms with Gasteiger partial charge in [-0.1, -0.05) is 6.42 Å². The van der Waals surface area contributed by atoms with Crippen molar-refractivity contribution in [3.8, 4) is 0 Å². The molecule has 0 aromatic heterocycles. The van der Waals surface area contributed by atoms with Gasteiger partial charge in [-0.05, 0) is 19.3 Å². The number of hydrogen-bond acceptors (Lipinski definition) is 2. The van der Waals surface area contributed by atoms with Gasteiger partial charge in [-0.25, -0.2) is 4.79 Å². The van der Waals surface area contributed by atoms with Crippen molar-refractivity contribution in [3.05, 3.63) is 0 Å². The summed E-state index contributed by atoms with van der Waals surface area (Å²) in [7, 11) is 0. The maximum Gasteiger partial charge on any atom is 0.317 e. The van der Waals surface area contributed by atoms with Crippen LogP contribution in [0.5, 0.6) is 0 Å². The number of nitrogens with one attached hydrogen (secondary N) is 1. The van der Waals surface area contributed by atoms with Gasteiger partial charge in [0.2, 0.25) is 0 Å². The summed E-state index contributed by atoms with van der Waals surface area (Å²) < 4.78 is 0. The van der Waals surface area contributed by atoms with Crippen LogP contribution in [0.15, 0.2) is 0 Å². The van der Waals surface area contributed by atoms with E-state index in [1.165, 1.54) is 0 Å². The fraction of sp³-hybridized carbons (Fsp3) is 0.800. The third kappa shape index (κ3) is 1.78. The van der Waals surface area contributed by atoms with Gasteiger partial charge in [0, 0.05) is 19.6 Å². The van der Waals surface area contributed by atoms with Crippen LogP contribution in [-0.2, 0) is 4.79 Å². The standard InChI is InChI=1S/C10H16N2O3/c13-8(14)10(3-1-4-10)7-12-6-2-5-11-9(12)15/h1-7H2,(H,11,15)(H,13,14). The van der Waals surface area contributed by atoms with Crippen molar-refractivity contribution in [2.75, 3.05) is 19.6 Å².